The van der Waals surface area contributed by atoms with Gasteiger partial charge in [-0.25, -0.2) is 0 Å². The third kappa shape index (κ3) is 34.9. The summed E-state index contributed by atoms with van der Waals surface area (Å²) in [5.74, 6) is 0. The zero-order valence-electron chi connectivity index (χ0n) is 61.4. The molecule has 20 nitrogen and oxygen atoms in total. The highest BCUT2D eigenvalue weighted by Crippen LogP contribution is 2.41. The van der Waals surface area contributed by atoms with Crippen LogP contribution in [-0.4, -0.2) is 193 Å². The van der Waals surface area contributed by atoms with Crippen LogP contribution in [0.3, 0.4) is 0 Å². The molecule has 0 saturated carbocycles. The van der Waals surface area contributed by atoms with Crippen molar-refractivity contribution < 1.29 is 87.0 Å². The van der Waals surface area contributed by atoms with Crippen LogP contribution in [0, 0.1) is 0 Å². The van der Waals surface area contributed by atoms with E-state index in [0.717, 1.165) is 253 Å². The fourth-order valence-electron chi connectivity index (χ4n) is 13.2. The first-order valence-electron chi connectivity index (χ1n) is 34.8. The van der Waals surface area contributed by atoms with Crippen LogP contribution in [-0.2, 0) is 87.0 Å². The molecule has 1 fully saturated rings. The standard InChI is InChI=1S/C60H140O20Si10/c1-61-86(62-2,63-3)56-46-36-26-21-31-41-51-81(16)76-82(17,52-42-32-22-27-37-47-57-87(64-4,65-5)66-6)78-84(19,54-44-34-24-29-39-49-59-89(70-10,71-11)72-12)80-85(20,55-45-35-25-30-40-50-60-90(73-13,74-14)75-15)79-83(18,77-81)53-43-33-23-28-38-48-58-88(67-7,68-8)69-9/h21-60H2,1-20H3. The van der Waals surface area contributed by atoms with Gasteiger partial charge in [-0.2, -0.15) is 0 Å². The fraction of sp³-hybridized carbons (Fsp3) is 1.00. The Kier molecular flexibility index (Phi) is 48.7. The van der Waals surface area contributed by atoms with Gasteiger partial charge in [0.1, 0.15) is 0 Å². The topological polar surface area (TPSA) is 185 Å². The minimum absolute atomic E-state index is 0.825. The monoisotopic (exact) mass is 1460 g/mol. The van der Waals surface area contributed by atoms with Crippen LogP contribution in [0.4, 0.5) is 0 Å². The van der Waals surface area contributed by atoms with Crippen LogP contribution < -0.4 is 0 Å². The second kappa shape index (κ2) is 49.0. The summed E-state index contributed by atoms with van der Waals surface area (Å²) in [6.07, 6.45) is 32.9. The summed E-state index contributed by atoms with van der Waals surface area (Å²) in [5.41, 5.74) is 0. The molecule has 0 atom stereocenters. The van der Waals surface area contributed by atoms with Gasteiger partial charge in [-0.15, -0.1) is 0 Å². The van der Waals surface area contributed by atoms with Gasteiger partial charge in [-0.3, -0.25) is 0 Å². The molecule has 30 heteroatoms. The van der Waals surface area contributed by atoms with Crippen molar-refractivity contribution in [3.63, 3.8) is 0 Å². The van der Waals surface area contributed by atoms with Crippen LogP contribution in [0.15, 0.2) is 0 Å². The van der Waals surface area contributed by atoms with Crippen LogP contribution in [0.2, 0.25) is 93.2 Å². The molecule has 0 radical (unpaired) electrons. The van der Waals surface area contributed by atoms with Gasteiger partial charge in [0.2, 0.25) is 0 Å². The summed E-state index contributed by atoms with van der Waals surface area (Å²) in [6, 6.07) is 8.66. The maximum absolute atomic E-state index is 7.95. The van der Waals surface area contributed by atoms with E-state index >= 15 is 0 Å². The summed E-state index contributed by atoms with van der Waals surface area (Å²) in [6.45, 7) is 11.9. The average Bonchev–Trinajstić information content (AvgIpc) is 0.792. The van der Waals surface area contributed by atoms with Gasteiger partial charge in [-0.1, -0.05) is 161 Å². The second-order valence-corrected chi connectivity index (χ2v) is 59.1. The van der Waals surface area contributed by atoms with E-state index in [-0.39, 0.29) is 0 Å². The Hall–Kier alpha value is 1.37. The smallest absolute Gasteiger partial charge is 0.416 e. The number of rotatable bonds is 60. The van der Waals surface area contributed by atoms with Crippen molar-refractivity contribution in [2.24, 2.45) is 0 Å². The van der Waals surface area contributed by atoms with E-state index in [1.54, 1.807) is 107 Å². The zero-order valence-corrected chi connectivity index (χ0v) is 71.4. The molecule has 0 amide bonds. The lowest BCUT2D eigenvalue weighted by atomic mass is 10.1. The second-order valence-electron chi connectivity index (χ2n) is 25.8. The summed E-state index contributed by atoms with van der Waals surface area (Å²) >= 11 is 0. The van der Waals surface area contributed by atoms with Crippen molar-refractivity contribution in [1.29, 1.82) is 0 Å². The Labute approximate surface area is 562 Å². The predicted octanol–water partition coefficient (Wildman–Crippen LogP) is 16.5. The number of unbranched alkanes of at least 4 members (excludes halogenated alkanes) is 25. The molecular weight excluding hydrogens is 1320 g/mol. The molecule has 0 unspecified atom stereocenters. The zero-order chi connectivity index (χ0) is 67.4. The molecule has 1 aliphatic heterocycles. The SMILES string of the molecule is CO[Si](CCCCCCCC[Si]1(C)O[Si](C)(CCCCCCCC[Si](OC)(OC)OC)O[Si](C)(CCCCCCCC[Si](OC)(OC)OC)O[Si](C)(CCCCCCCC[Si](OC)(OC)OC)O[Si](C)(CCCCCCCC[Si](OC)(OC)OC)O1)(OC)OC. The van der Waals surface area contributed by atoms with Crippen LogP contribution in [0.25, 0.3) is 0 Å². The van der Waals surface area contributed by atoms with E-state index in [1.165, 1.54) is 0 Å². The van der Waals surface area contributed by atoms with Gasteiger partial charge >= 0.3 is 86.8 Å². The third-order valence-corrected chi connectivity index (χ3v) is 56.4. The Balaban J connectivity index is 3.77. The van der Waals surface area contributed by atoms with Crippen molar-refractivity contribution in [3.8, 4) is 0 Å². The van der Waals surface area contributed by atoms with Crippen LogP contribution in [0.1, 0.15) is 193 Å². The average molecular weight is 1460 g/mol. The molecule has 90 heavy (non-hydrogen) atoms. The van der Waals surface area contributed by atoms with Gasteiger partial charge in [0.25, 0.3) is 0 Å². The normalized spacial score (nSPS) is 22.7. The first-order valence-corrected chi connectivity index (χ1v) is 57.0. The molecule has 1 saturated heterocycles. The first-order chi connectivity index (χ1) is 43.0. The lowest BCUT2D eigenvalue weighted by molar-refractivity contribution is 0.122. The molecule has 0 aromatic rings. The summed E-state index contributed by atoms with van der Waals surface area (Å²) in [5, 5.41) is 0. The van der Waals surface area contributed by atoms with Gasteiger partial charge in [0.05, 0.1) is 0 Å². The van der Waals surface area contributed by atoms with E-state index in [4.69, 9.17) is 87.0 Å². The van der Waals surface area contributed by atoms with E-state index < -0.39 is 86.8 Å². The molecule has 1 rings (SSSR count). The molecule has 540 valence electrons. The van der Waals surface area contributed by atoms with E-state index in [0.29, 0.717) is 0 Å². The maximum Gasteiger partial charge on any atom is 0.500 e. The molecule has 0 spiro atoms. The Morgan fingerprint density at radius 2 is 0.267 bits per heavy atom. The quantitative estimate of drug-likeness (QED) is 0.0413. The molecular formula is C60H140O20Si10. The lowest BCUT2D eigenvalue weighted by Gasteiger charge is -2.50. The van der Waals surface area contributed by atoms with Gasteiger partial charge in [0.15, 0.2) is 0 Å². The molecule has 0 bridgehead atoms. The highest BCUT2D eigenvalue weighted by Gasteiger charge is 2.57. The summed E-state index contributed by atoms with van der Waals surface area (Å²) in [7, 11) is -2.26. The molecule has 1 heterocycles. The van der Waals surface area contributed by atoms with Gasteiger partial charge < -0.3 is 87.0 Å². The van der Waals surface area contributed by atoms with Crippen LogP contribution >= 0.6 is 0 Å². The Bertz CT molecular complexity index is 1400. The predicted molar refractivity (Wildman–Crippen MR) is 384 cm³/mol. The number of hydrogen-bond donors (Lipinski definition) is 0. The third-order valence-electron chi connectivity index (χ3n) is 18.6. The van der Waals surface area contributed by atoms with E-state index in [9.17, 15) is 0 Å². The minimum atomic E-state index is -2.97. The molecule has 0 aromatic heterocycles. The van der Waals surface area contributed by atoms with Crippen molar-refractivity contribution in [3.05, 3.63) is 0 Å². The first kappa shape index (κ1) is 89.4. The Morgan fingerprint density at radius 1 is 0.167 bits per heavy atom. The summed E-state index contributed by atoms with van der Waals surface area (Å²) < 4.78 is 126. The largest absolute Gasteiger partial charge is 0.500 e. The number of hydrogen-bond acceptors (Lipinski definition) is 20. The summed E-state index contributed by atoms with van der Waals surface area (Å²) in [4.78, 5) is 0. The maximum atomic E-state index is 7.95. The van der Waals surface area contributed by atoms with Crippen molar-refractivity contribution in [2.45, 2.75) is 286 Å². The van der Waals surface area contributed by atoms with Crippen molar-refractivity contribution in [1.82, 2.24) is 0 Å². The Morgan fingerprint density at radius 3 is 0.378 bits per heavy atom. The van der Waals surface area contributed by atoms with E-state index in [1.807, 2.05) is 0 Å². The lowest BCUT2D eigenvalue weighted by Crippen LogP contribution is -2.67. The minimum Gasteiger partial charge on any atom is -0.416 e. The van der Waals surface area contributed by atoms with Gasteiger partial charge in [0, 0.05) is 137 Å². The highest BCUT2D eigenvalue weighted by atomic mass is 28.5. The highest BCUT2D eigenvalue weighted by molar-refractivity contribution is 6.94. The van der Waals surface area contributed by atoms with Crippen LogP contribution in [0.5, 0.6) is 0 Å². The van der Waals surface area contributed by atoms with Crippen molar-refractivity contribution >= 4 is 86.8 Å². The molecule has 0 aliphatic carbocycles. The molecule has 0 N–H and O–H groups in total. The van der Waals surface area contributed by atoms with Gasteiger partial charge in [-0.05, 0) is 95.1 Å². The van der Waals surface area contributed by atoms with E-state index in [2.05, 4.69) is 32.7 Å². The fourth-order valence-corrected chi connectivity index (χ4v) is 51.6. The van der Waals surface area contributed by atoms with Crippen molar-refractivity contribution in [2.75, 3.05) is 107 Å². The molecule has 1 aliphatic rings. The molecule has 0 aromatic carbocycles.